The van der Waals surface area contributed by atoms with Crippen LogP contribution in [0.15, 0.2) is 84.9 Å². The lowest BCUT2D eigenvalue weighted by Gasteiger charge is -2.18. The van der Waals surface area contributed by atoms with Crippen LogP contribution in [0.5, 0.6) is 0 Å². The Hall–Kier alpha value is -2.34. The smallest absolute Gasteiger partial charge is 0.0159 e. The minimum atomic E-state index is 0.645. The van der Waals surface area contributed by atoms with Crippen LogP contribution in [0.2, 0.25) is 0 Å². The monoisotopic (exact) mass is 328 g/mol. The number of hydrogen-bond donors (Lipinski definition) is 0. The van der Waals surface area contributed by atoms with Gasteiger partial charge in [0.2, 0.25) is 0 Å². The van der Waals surface area contributed by atoms with Crippen LogP contribution in [0, 0.1) is 6.92 Å². The summed E-state index contributed by atoms with van der Waals surface area (Å²) in [5.41, 5.74) is 5.73. The molecular weight excluding hydrogens is 300 g/mol. The number of rotatable bonds is 8. The van der Waals surface area contributed by atoms with Gasteiger partial charge in [-0.1, -0.05) is 90.5 Å². The van der Waals surface area contributed by atoms with Gasteiger partial charge in [-0.05, 0) is 61.6 Å². The summed E-state index contributed by atoms with van der Waals surface area (Å²) in [4.78, 5) is 0. The normalized spacial score (nSPS) is 12.0. The maximum absolute atomic E-state index is 2.29. The summed E-state index contributed by atoms with van der Waals surface area (Å²) in [6.07, 6.45) is 6.06. The highest BCUT2D eigenvalue weighted by atomic mass is 14.2. The second-order valence-corrected chi connectivity index (χ2v) is 7.01. The maximum Gasteiger partial charge on any atom is -0.0159 e. The summed E-state index contributed by atoms with van der Waals surface area (Å²) >= 11 is 0. The molecule has 128 valence electrons. The minimum absolute atomic E-state index is 0.645. The van der Waals surface area contributed by atoms with Crippen LogP contribution in [-0.4, -0.2) is 0 Å². The summed E-state index contributed by atoms with van der Waals surface area (Å²) in [5.74, 6) is 0.645. The molecule has 1 unspecified atom stereocenters. The molecule has 0 aliphatic carbocycles. The van der Waals surface area contributed by atoms with Gasteiger partial charge in [0.05, 0.1) is 0 Å². The van der Waals surface area contributed by atoms with E-state index in [1.54, 1.807) is 0 Å². The van der Waals surface area contributed by atoms with E-state index in [4.69, 9.17) is 0 Å². The molecule has 0 spiro atoms. The first-order valence-corrected chi connectivity index (χ1v) is 9.46. The lowest BCUT2D eigenvalue weighted by molar-refractivity contribution is 0.552. The van der Waals surface area contributed by atoms with Crippen LogP contribution in [0.1, 0.15) is 47.4 Å². The topological polar surface area (TPSA) is 0 Å². The van der Waals surface area contributed by atoms with Crippen molar-refractivity contribution < 1.29 is 0 Å². The van der Waals surface area contributed by atoms with Gasteiger partial charge in [0.15, 0.2) is 0 Å². The SMILES string of the molecule is Cc1ccc(CCC(CCCc2ccccc2)c2ccccc2)cc1. The lowest BCUT2D eigenvalue weighted by atomic mass is 9.87. The molecule has 3 aromatic carbocycles. The van der Waals surface area contributed by atoms with Gasteiger partial charge in [-0.15, -0.1) is 0 Å². The first kappa shape index (κ1) is 17.5. The van der Waals surface area contributed by atoms with Gasteiger partial charge < -0.3 is 0 Å². The molecule has 0 amide bonds. The van der Waals surface area contributed by atoms with Crippen LogP contribution in [0.3, 0.4) is 0 Å². The summed E-state index contributed by atoms with van der Waals surface area (Å²) in [5, 5.41) is 0. The first-order valence-electron chi connectivity index (χ1n) is 9.46. The molecule has 0 heterocycles. The van der Waals surface area contributed by atoms with Gasteiger partial charge in [-0.25, -0.2) is 0 Å². The number of aryl methyl sites for hydroxylation is 3. The molecule has 0 bridgehead atoms. The van der Waals surface area contributed by atoms with E-state index in [1.807, 2.05) is 0 Å². The van der Waals surface area contributed by atoms with Gasteiger partial charge in [0.1, 0.15) is 0 Å². The fourth-order valence-electron chi connectivity index (χ4n) is 3.50. The lowest BCUT2D eigenvalue weighted by Crippen LogP contribution is -2.02. The van der Waals surface area contributed by atoms with Gasteiger partial charge in [0.25, 0.3) is 0 Å². The molecule has 0 aliphatic heterocycles. The van der Waals surface area contributed by atoms with Gasteiger partial charge in [-0.2, -0.15) is 0 Å². The molecule has 0 aromatic heterocycles. The Morgan fingerprint density at radius 1 is 0.600 bits per heavy atom. The summed E-state index contributed by atoms with van der Waals surface area (Å²) in [7, 11) is 0. The van der Waals surface area contributed by atoms with E-state index in [1.165, 1.54) is 47.9 Å². The highest BCUT2D eigenvalue weighted by Crippen LogP contribution is 2.27. The van der Waals surface area contributed by atoms with Crippen molar-refractivity contribution in [3.63, 3.8) is 0 Å². The van der Waals surface area contributed by atoms with Crippen molar-refractivity contribution in [1.29, 1.82) is 0 Å². The third-order valence-corrected chi connectivity index (χ3v) is 5.03. The molecule has 0 aliphatic rings. The molecule has 0 radical (unpaired) electrons. The van der Waals surface area contributed by atoms with Crippen LogP contribution >= 0.6 is 0 Å². The fraction of sp³-hybridized carbons (Fsp3) is 0.280. The van der Waals surface area contributed by atoms with Crippen LogP contribution in [0.4, 0.5) is 0 Å². The quantitative estimate of drug-likeness (QED) is 0.430. The molecule has 0 N–H and O–H groups in total. The van der Waals surface area contributed by atoms with Crippen molar-refractivity contribution in [2.45, 2.75) is 44.9 Å². The molecule has 3 aromatic rings. The Labute approximate surface area is 152 Å². The van der Waals surface area contributed by atoms with Crippen LogP contribution in [-0.2, 0) is 12.8 Å². The largest absolute Gasteiger partial charge is 0.0622 e. The van der Waals surface area contributed by atoms with E-state index >= 15 is 0 Å². The Morgan fingerprint density at radius 3 is 1.88 bits per heavy atom. The van der Waals surface area contributed by atoms with Gasteiger partial charge >= 0.3 is 0 Å². The minimum Gasteiger partial charge on any atom is -0.0622 e. The van der Waals surface area contributed by atoms with E-state index in [-0.39, 0.29) is 0 Å². The second-order valence-electron chi connectivity index (χ2n) is 7.01. The Balaban J connectivity index is 1.60. The molecule has 1 atom stereocenters. The average molecular weight is 328 g/mol. The zero-order valence-electron chi connectivity index (χ0n) is 15.2. The van der Waals surface area contributed by atoms with Crippen molar-refractivity contribution >= 4 is 0 Å². The molecule has 3 rings (SSSR count). The zero-order valence-corrected chi connectivity index (χ0v) is 15.2. The predicted molar refractivity (Wildman–Crippen MR) is 108 cm³/mol. The van der Waals surface area contributed by atoms with Gasteiger partial charge in [-0.3, -0.25) is 0 Å². The fourth-order valence-corrected chi connectivity index (χ4v) is 3.50. The van der Waals surface area contributed by atoms with Crippen LogP contribution in [0.25, 0.3) is 0 Å². The van der Waals surface area contributed by atoms with Crippen LogP contribution < -0.4 is 0 Å². The Morgan fingerprint density at radius 2 is 1.20 bits per heavy atom. The summed E-state index contributed by atoms with van der Waals surface area (Å²) in [6.45, 7) is 2.15. The third kappa shape index (κ3) is 5.60. The van der Waals surface area contributed by atoms with E-state index in [0.717, 1.165) is 6.42 Å². The molecule has 0 saturated carbocycles. The molecule has 0 nitrogen and oxygen atoms in total. The highest BCUT2D eigenvalue weighted by Gasteiger charge is 2.11. The van der Waals surface area contributed by atoms with Crippen molar-refractivity contribution in [3.8, 4) is 0 Å². The van der Waals surface area contributed by atoms with Crippen molar-refractivity contribution in [1.82, 2.24) is 0 Å². The Kier molecular flexibility index (Phi) is 6.45. The highest BCUT2D eigenvalue weighted by molar-refractivity contribution is 5.23. The van der Waals surface area contributed by atoms with Crippen molar-refractivity contribution in [2.75, 3.05) is 0 Å². The van der Waals surface area contributed by atoms with E-state index < -0.39 is 0 Å². The molecule has 0 fully saturated rings. The second kappa shape index (κ2) is 9.22. The van der Waals surface area contributed by atoms with E-state index in [2.05, 4.69) is 91.9 Å². The van der Waals surface area contributed by atoms with E-state index in [0.29, 0.717) is 5.92 Å². The van der Waals surface area contributed by atoms with Crippen molar-refractivity contribution in [3.05, 3.63) is 107 Å². The average Bonchev–Trinajstić information content (AvgIpc) is 2.67. The molecular formula is C25H28. The van der Waals surface area contributed by atoms with Gasteiger partial charge in [0, 0.05) is 0 Å². The van der Waals surface area contributed by atoms with Crippen molar-refractivity contribution in [2.24, 2.45) is 0 Å². The molecule has 0 saturated heterocycles. The molecule has 0 heteroatoms. The van der Waals surface area contributed by atoms with E-state index in [9.17, 15) is 0 Å². The first-order chi connectivity index (χ1) is 12.3. The standard InChI is InChI=1S/C25H28/c1-21-15-17-23(18-16-21)19-20-25(24-12-6-3-7-13-24)14-8-11-22-9-4-2-5-10-22/h2-7,9-10,12-13,15-18,25H,8,11,14,19-20H2,1H3. The summed E-state index contributed by atoms with van der Waals surface area (Å²) < 4.78 is 0. The zero-order chi connectivity index (χ0) is 17.3. The number of hydrogen-bond acceptors (Lipinski definition) is 0. The summed E-state index contributed by atoms with van der Waals surface area (Å²) in [6, 6.07) is 30.9. The third-order valence-electron chi connectivity index (χ3n) is 5.03. The number of benzene rings is 3. The molecule has 25 heavy (non-hydrogen) atoms. The predicted octanol–water partition coefficient (Wildman–Crippen LogP) is 6.73. The maximum atomic E-state index is 2.29. The Bertz CT molecular complexity index is 726.